The van der Waals surface area contributed by atoms with E-state index in [-0.39, 0.29) is 29.6 Å². The predicted molar refractivity (Wildman–Crippen MR) is 138 cm³/mol. The van der Waals surface area contributed by atoms with E-state index in [9.17, 15) is 14.4 Å². The van der Waals surface area contributed by atoms with Crippen molar-refractivity contribution in [3.8, 4) is 0 Å². The van der Waals surface area contributed by atoms with Gasteiger partial charge in [0, 0.05) is 75.5 Å². The Morgan fingerprint density at radius 1 is 1.09 bits per heavy atom. The van der Waals surface area contributed by atoms with Crippen molar-refractivity contribution in [3.05, 3.63) is 33.8 Å². The van der Waals surface area contributed by atoms with E-state index in [2.05, 4.69) is 23.6 Å². The summed E-state index contributed by atoms with van der Waals surface area (Å²) in [6, 6.07) is 4.13. The van der Waals surface area contributed by atoms with E-state index in [4.69, 9.17) is 11.6 Å². The predicted octanol–water partition coefficient (Wildman–Crippen LogP) is 4.24. The van der Waals surface area contributed by atoms with E-state index in [1.54, 1.807) is 0 Å². The number of benzene rings is 1. The molecule has 2 amide bonds. The molecule has 4 rings (SSSR count). The van der Waals surface area contributed by atoms with E-state index in [0.717, 1.165) is 55.7 Å². The average molecular weight is 502 g/mol. The number of Topliss-reactive ketones (excluding diaryl/α,β-unsaturated/α-hetero) is 1. The standard InChI is InChI=1S/C28H40ClN3O3/c1-4-31-17-21(12-27(31)34)11-26(33)15-23-13-25(29)14-24(20(23)3)18-30-9-10-32(19(2)16-30)28(35)22-7-5-6-8-22/h13-14,19,21-22H,4-12,15-18H2,1-3H3/t19-,21+/m0/s1. The van der Waals surface area contributed by atoms with Crippen molar-refractivity contribution in [1.29, 1.82) is 0 Å². The summed E-state index contributed by atoms with van der Waals surface area (Å²) in [5.41, 5.74) is 3.26. The second-order valence-electron chi connectivity index (χ2n) is 10.9. The summed E-state index contributed by atoms with van der Waals surface area (Å²) in [4.78, 5) is 44.1. The van der Waals surface area contributed by atoms with Crippen LogP contribution in [0, 0.1) is 18.8 Å². The van der Waals surface area contributed by atoms with Crippen molar-refractivity contribution in [2.24, 2.45) is 11.8 Å². The first-order chi connectivity index (χ1) is 16.7. The number of piperazine rings is 1. The lowest BCUT2D eigenvalue weighted by Gasteiger charge is -2.41. The first-order valence-electron chi connectivity index (χ1n) is 13.3. The molecular weight excluding hydrogens is 462 g/mol. The van der Waals surface area contributed by atoms with Crippen LogP contribution in [0.5, 0.6) is 0 Å². The quantitative estimate of drug-likeness (QED) is 0.534. The first kappa shape index (κ1) is 26.2. The summed E-state index contributed by atoms with van der Waals surface area (Å²) in [5.74, 6) is 1.03. The minimum atomic E-state index is 0.124. The molecule has 2 saturated heterocycles. The largest absolute Gasteiger partial charge is 0.343 e. The van der Waals surface area contributed by atoms with Gasteiger partial charge < -0.3 is 9.80 Å². The van der Waals surface area contributed by atoms with Crippen molar-refractivity contribution >= 4 is 29.2 Å². The Hall–Kier alpha value is -1.92. The molecule has 0 spiro atoms. The molecule has 7 heteroatoms. The van der Waals surface area contributed by atoms with Crippen molar-refractivity contribution < 1.29 is 14.4 Å². The molecule has 2 aliphatic heterocycles. The fraction of sp³-hybridized carbons (Fsp3) is 0.679. The number of amides is 2. The molecule has 35 heavy (non-hydrogen) atoms. The van der Waals surface area contributed by atoms with Crippen molar-refractivity contribution in [2.75, 3.05) is 32.7 Å². The SMILES string of the molecule is CCN1C[C@H](CC(=O)Cc2cc(Cl)cc(CN3CCN(C(=O)C4CCCC4)[C@@H](C)C3)c2C)CC1=O. The van der Waals surface area contributed by atoms with Crippen LogP contribution in [-0.2, 0) is 27.3 Å². The second-order valence-corrected chi connectivity index (χ2v) is 11.3. The Kier molecular flexibility index (Phi) is 8.54. The van der Waals surface area contributed by atoms with Gasteiger partial charge in [0.2, 0.25) is 11.8 Å². The maximum absolute atomic E-state index is 12.9. The molecule has 1 aliphatic carbocycles. The average Bonchev–Trinajstić information content (AvgIpc) is 3.46. The first-order valence-corrected chi connectivity index (χ1v) is 13.7. The molecule has 0 radical (unpaired) electrons. The third-order valence-corrected chi connectivity index (χ3v) is 8.48. The lowest BCUT2D eigenvalue weighted by molar-refractivity contribution is -0.140. The molecular formula is C28H40ClN3O3. The van der Waals surface area contributed by atoms with Crippen LogP contribution in [0.4, 0.5) is 0 Å². The van der Waals surface area contributed by atoms with Crippen LogP contribution in [0.1, 0.15) is 69.1 Å². The topological polar surface area (TPSA) is 60.9 Å². The minimum Gasteiger partial charge on any atom is -0.343 e. The molecule has 192 valence electrons. The lowest BCUT2D eigenvalue weighted by atomic mass is 9.93. The Labute approximate surface area is 215 Å². The van der Waals surface area contributed by atoms with Gasteiger partial charge in [0.05, 0.1) is 0 Å². The number of hydrogen-bond acceptors (Lipinski definition) is 4. The van der Waals surface area contributed by atoms with E-state index in [1.165, 1.54) is 12.8 Å². The maximum atomic E-state index is 12.9. The zero-order chi connectivity index (χ0) is 25.1. The Bertz CT molecular complexity index is 959. The summed E-state index contributed by atoms with van der Waals surface area (Å²) in [7, 11) is 0. The number of halogens is 1. The van der Waals surface area contributed by atoms with E-state index < -0.39 is 0 Å². The van der Waals surface area contributed by atoms with Gasteiger partial charge in [0.15, 0.2) is 0 Å². The van der Waals surface area contributed by atoms with Gasteiger partial charge in [0.25, 0.3) is 0 Å². The summed E-state index contributed by atoms with van der Waals surface area (Å²) in [6.07, 6.45) is 5.73. The normalized spacial score (nSPS) is 23.9. The molecule has 1 aromatic rings. The van der Waals surface area contributed by atoms with Gasteiger partial charge in [-0.15, -0.1) is 0 Å². The van der Waals surface area contributed by atoms with Crippen LogP contribution in [0.25, 0.3) is 0 Å². The van der Waals surface area contributed by atoms with E-state index in [0.29, 0.717) is 43.3 Å². The summed E-state index contributed by atoms with van der Waals surface area (Å²) < 4.78 is 0. The molecule has 1 saturated carbocycles. The number of carbonyl (C=O) groups excluding carboxylic acids is 3. The summed E-state index contributed by atoms with van der Waals surface area (Å²) in [6.45, 7) is 10.9. The van der Waals surface area contributed by atoms with Crippen LogP contribution in [-0.4, -0.2) is 71.1 Å². The molecule has 0 unspecified atom stereocenters. The molecule has 0 N–H and O–H groups in total. The number of likely N-dealkylation sites (tertiary alicyclic amines) is 1. The zero-order valence-electron chi connectivity index (χ0n) is 21.5. The van der Waals surface area contributed by atoms with Gasteiger partial charge in [-0.1, -0.05) is 24.4 Å². The number of rotatable bonds is 8. The van der Waals surface area contributed by atoms with Crippen molar-refractivity contribution in [2.45, 2.75) is 78.3 Å². The Morgan fingerprint density at radius 3 is 2.46 bits per heavy atom. The molecule has 2 heterocycles. The number of carbonyl (C=O) groups is 3. The smallest absolute Gasteiger partial charge is 0.226 e. The van der Waals surface area contributed by atoms with E-state index in [1.807, 2.05) is 24.0 Å². The molecule has 3 fully saturated rings. The monoisotopic (exact) mass is 501 g/mol. The number of hydrogen-bond donors (Lipinski definition) is 0. The van der Waals surface area contributed by atoms with Crippen LogP contribution >= 0.6 is 11.6 Å². The van der Waals surface area contributed by atoms with Crippen LogP contribution in [0.3, 0.4) is 0 Å². The molecule has 1 aromatic carbocycles. The third-order valence-electron chi connectivity index (χ3n) is 8.26. The van der Waals surface area contributed by atoms with Gasteiger partial charge in [-0.3, -0.25) is 19.3 Å². The molecule has 3 aliphatic rings. The Balaban J connectivity index is 1.35. The number of nitrogens with zero attached hydrogens (tertiary/aromatic N) is 3. The van der Waals surface area contributed by atoms with Gasteiger partial charge in [0.1, 0.15) is 5.78 Å². The highest BCUT2D eigenvalue weighted by molar-refractivity contribution is 6.30. The fourth-order valence-electron chi connectivity index (χ4n) is 6.20. The number of ketones is 1. The highest BCUT2D eigenvalue weighted by atomic mass is 35.5. The van der Waals surface area contributed by atoms with Gasteiger partial charge in [-0.2, -0.15) is 0 Å². The van der Waals surface area contributed by atoms with E-state index >= 15 is 0 Å². The fourth-order valence-corrected chi connectivity index (χ4v) is 6.46. The Morgan fingerprint density at radius 2 is 1.80 bits per heavy atom. The second kappa shape index (κ2) is 11.4. The lowest BCUT2D eigenvalue weighted by Crippen LogP contribution is -2.54. The van der Waals surface area contributed by atoms with Gasteiger partial charge >= 0.3 is 0 Å². The minimum absolute atomic E-state index is 0.124. The summed E-state index contributed by atoms with van der Waals surface area (Å²) in [5, 5.41) is 0.657. The van der Waals surface area contributed by atoms with Gasteiger partial charge in [-0.25, -0.2) is 0 Å². The summed E-state index contributed by atoms with van der Waals surface area (Å²) >= 11 is 6.48. The molecule has 0 aromatic heterocycles. The molecule has 6 nitrogen and oxygen atoms in total. The third kappa shape index (κ3) is 6.26. The van der Waals surface area contributed by atoms with Crippen molar-refractivity contribution in [1.82, 2.24) is 14.7 Å². The highest BCUT2D eigenvalue weighted by Gasteiger charge is 2.33. The van der Waals surface area contributed by atoms with Crippen molar-refractivity contribution in [3.63, 3.8) is 0 Å². The van der Waals surface area contributed by atoms with Crippen LogP contribution in [0.15, 0.2) is 12.1 Å². The molecule has 0 bridgehead atoms. The van der Waals surface area contributed by atoms with Crippen LogP contribution < -0.4 is 0 Å². The zero-order valence-corrected chi connectivity index (χ0v) is 22.3. The van der Waals surface area contributed by atoms with Gasteiger partial charge in [-0.05, 0) is 68.4 Å². The molecule has 2 atom stereocenters. The highest BCUT2D eigenvalue weighted by Crippen LogP contribution is 2.29. The maximum Gasteiger partial charge on any atom is 0.226 e. The van der Waals surface area contributed by atoms with Crippen LogP contribution in [0.2, 0.25) is 5.02 Å².